The van der Waals surface area contributed by atoms with Crippen LogP contribution in [0.2, 0.25) is 0 Å². The van der Waals surface area contributed by atoms with E-state index in [9.17, 15) is 43.9 Å². The first-order chi connectivity index (χ1) is 16.0. The molecule has 2 rings (SSSR count). The van der Waals surface area contributed by atoms with Crippen LogP contribution in [0, 0.1) is 58.2 Å². The molecular weight excluding hydrogens is 490 g/mol. The fraction of sp³-hybridized carbons (Fsp3) is 0.300. The SMILES string of the molecule is CCCCC(/C=N/OCc1c(F)c(F)c(F)c(F)c1F)=N\OCc1c(F)c(F)c(F)c(F)c1F. The summed E-state index contributed by atoms with van der Waals surface area (Å²) in [5.74, 6) is -21.8. The Kier molecular flexibility index (Phi) is 9.27. The molecule has 0 aliphatic rings. The molecule has 0 aliphatic carbocycles. The Hall–Kier alpha value is -3.32. The summed E-state index contributed by atoms with van der Waals surface area (Å²) in [6.45, 7) is -0.542. The van der Waals surface area contributed by atoms with E-state index in [0.29, 0.717) is 12.8 Å². The summed E-state index contributed by atoms with van der Waals surface area (Å²) in [6.07, 6.45) is 1.97. The summed E-state index contributed by atoms with van der Waals surface area (Å²) in [5.41, 5.74) is -2.67. The Morgan fingerprint density at radius 2 is 1.00 bits per heavy atom. The van der Waals surface area contributed by atoms with Gasteiger partial charge in [-0.15, -0.1) is 0 Å². The van der Waals surface area contributed by atoms with Crippen LogP contribution in [0.4, 0.5) is 43.9 Å². The molecule has 0 saturated carbocycles. The fourth-order valence-electron chi connectivity index (χ4n) is 2.43. The summed E-state index contributed by atoms with van der Waals surface area (Å²) in [5, 5.41) is 6.70. The smallest absolute Gasteiger partial charge is 0.200 e. The lowest BCUT2D eigenvalue weighted by atomic mass is 10.2. The summed E-state index contributed by atoms with van der Waals surface area (Å²) in [6, 6.07) is 0. The van der Waals surface area contributed by atoms with Gasteiger partial charge in [-0.05, 0) is 12.8 Å². The Morgan fingerprint density at radius 1 is 0.618 bits per heavy atom. The van der Waals surface area contributed by atoms with Crippen LogP contribution in [-0.2, 0) is 22.9 Å². The van der Waals surface area contributed by atoms with E-state index in [-0.39, 0.29) is 12.1 Å². The number of unbranched alkanes of at least 4 members (excludes halogenated alkanes) is 1. The number of rotatable bonds is 10. The van der Waals surface area contributed by atoms with Crippen LogP contribution in [0.5, 0.6) is 0 Å². The molecule has 0 saturated heterocycles. The molecular formula is C20H14F10N2O2. The number of hydrogen-bond donors (Lipinski definition) is 0. The van der Waals surface area contributed by atoms with Gasteiger partial charge < -0.3 is 9.68 Å². The third kappa shape index (κ3) is 5.78. The van der Waals surface area contributed by atoms with Crippen LogP contribution in [0.3, 0.4) is 0 Å². The average molecular weight is 504 g/mol. The van der Waals surface area contributed by atoms with Crippen molar-refractivity contribution in [2.45, 2.75) is 39.4 Å². The van der Waals surface area contributed by atoms with Gasteiger partial charge in [0, 0.05) is 0 Å². The lowest BCUT2D eigenvalue weighted by molar-refractivity contribution is 0.120. The standard InChI is InChI=1S/C20H14F10N2O2/c1-2-3-4-8(32-34-7-10-13(23)17(27)20(30)18(28)14(10)24)5-31-33-6-9-11(21)15(25)19(29)16(26)12(9)22/h5H,2-4,6-7H2,1H3/b31-5+,32-8+. The molecule has 0 heterocycles. The first kappa shape index (κ1) is 26.9. The maximum absolute atomic E-state index is 13.7. The fourth-order valence-corrected chi connectivity index (χ4v) is 2.43. The first-order valence-electron chi connectivity index (χ1n) is 9.37. The Morgan fingerprint density at radius 3 is 1.41 bits per heavy atom. The van der Waals surface area contributed by atoms with Crippen molar-refractivity contribution in [2.75, 3.05) is 0 Å². The van der Waals surface area contributed by atoms with Gasteiger partial charge in [-0.2, -0.15) is 0 Å². The van der Waals surface area contributed by atoms with Gasteiger partial charge in [0.2, 0.25) is 11.6 Å². The second-order valence-electron chi connectivity index (χ2n) is 6.56. The molecule has 0 radical (unpaired) electrons. The highest BCUT2D eigenvalue weighted by molar-refractivity contribution is 6.30. The van der Waals surface area contributed by atoms with Crippen molar-refractivity contribution in [1.82, 2.24) is 0 Å². The van der Waals surface area contributed by atoms with Crippen LogP contribution in [0.25, 0.3) is 0 Å². The molecule has 34 heavy (non-hydrogen) atoms. The summed E-state index contributed by atoms with van der Waals surface area (Å²) in [4.78, 5) is 9.16. The first-order valence-corrected chi connectivity index (χ1v) is 9.37. The highest BCUT2D eigenvalue weighted by atomic mass is 19.2. The monoisotopic (exact) mass is 504 g/mol. The molecule has 0 N–H and O–H groups in total. The van der Waals surface area contributed by atoms with Gasteiger partial charge in [-0.3, -0.25) is 0 Å². The Bertz CT molecular complexity index is 1060. The zero-order valence-corrected chi connectivity index (χ0v) is 17.1. The molecule has 0 fully saturated rings. The molecule has 0 amide bonds. The quantitative estimate of drug-likeness (QED) is 0.125. The van der Waals surface area contributed by atoms with E-state index < -0.39 is 82.5 Å². The van der Waals surface area contributed by atoms with Gasteiger partial charge in [0.15, 0.2) is 46.5 Å². The Labute approximate surface area is 185 Å². The van der Waals surface area contributed by atoms with Crippen molar-refractivity contribution in [3.05, 3.63) is 69.3 Å². The zero-order chi connectivity index (χ0) is 25.6. The van der Waals surface area contributed by atoms with E-state index in [4.69, 9.17) is 0 Å². The van der Waals surface area contributed by atoms with E-state index in [0.717, 1.165) is 6.21 Å². The van der Waals surface area contributed by atoms with Crippen molar-refractivity contribution in [1.29, 1.82) is 0 Å². The minimum atomic E-state index is -2.35. The van der Waals surface area contributed by atoms with E-state index in [1.807, 2.05) is 0 Å². The molecule has 0 atom stereocenters. The van der Waals surface area contributed by atoms with Gasteiger partial charge in [-0.1, -0.05) is 23.7 Å². The molecule has 0 bridgehead atoms. The third-order valence-corrected chi connectivity index (χ3v) is 4.26. The number of hydrogen-bond acceptors (Lipinski definition) is 4. The number of nitrogens with zero attached hydrogens (tertiary/aromatic N) is 2. The lowest BCUT2D eigenvalue weighted by Crippen LogP contribution is -2.09. The van der Waals surface area contributed by atoms with Gasteiger partial charge in [0.05, 0.1) is 17.3 Å². The average Bonchev–Trinajstić information content (AvgIpc) is 2.83. The third-order valence-electron chi connectivity index (χ3n) is 4.26. The zero-order valence-electron chi connectivity index (χ0n) is 17.1. The molecule has 0 unspecified atom stereocenters. The predicted molar refractivity (Wildman–Crippen MR) is 97.5 cm³/mol. The topological polar surface area (TPSA) is 43.2 Å². The van der Waals surface area contributed by atoms with Crippen molar-refractivity contribution in [2.24, 2.45) is 10.3 Å². The van der Waals surface area contributed by atoms with Crippen molar-refractivity contribution < 1.29 is 53.6 Å². The van der Waals surface area contributed by atoms with Crippen molar-refractivity contribution in [3.63, 3.8) is 0 Å². The summed E-state index contributed by atoms with van der Waals surface area (Å²) >= 11 is 0. The van der Waals surface area contributed by atoms with Gasteiger partial charge in [0.25, 0.3) is 0 Å². The largest absolute Gasteiger partial charge is 0.391 e. The molecule has 186 valence electrons. The second-order valence-corrected chi connectivity index (χ2v) is 6.56. The normalized spacial score (nSPS) is 12.0. The Balaban J connectivity index is 2.13. The lowest BCUT2D eigenvalue weighted by Gasteiger charge is -2.08. The van der Waals surface area contributed by atoms with Gasteiger partial charge in [-0.25, -0.2) is 43.9 Å². The second kappa shape index (κ2) is 11.7. The van der Waals surface area contributed by atoms with Crippen LogP contribution < -0.4 is 0 Å². The minimum Gasteiger partial charge on any atom is -0.391 e. The number of halogens is 10. The van der Waals surface area contributed by atoms with E-state index in [1.54, 1.807) is 6.92 Å². The van der Waals surface area contributed by atoms with E-state index >= 15 is 0 Å². The highest BCUT2D eigenvalue weighted by Crippen LogP contribution is 2.24. The summed E-state index contributed by atoms with van der Waals surface area (Å²) in [7, 11) is 0. The highest BCUT2D eigenvalue weighted by Gasteiger charge is 2.27. The van der Waals surface area contributed by atoms with Crippen molar-refractivity contribution >= 4 is 11.9 Å². The molecule has 0 aromatic heterocycles. The predicted octanol–water partition coefficient (Wildman–Crippen LogP) is 6.34. The maximum atomic E-state index is 13.7. The van der Waals surface area contributed by atoms with Gasteiger partial charge in [0.1, 0.15) is 18.9 Å². The van der Waals surface area contributed by atoms with E-state index in [1.165, 1.54) is 0 Å². The molecule has 0 spiro atoms. The molecule has 0 aliphatic heterocycles. The van der Waals surface area contributed by atoms with Crippen LogP contribution in [-0.4, -0.2) is 11.9 Å². The van der Waals surface area contributed by atoms with E-state index in [2.05, 4.69) is 20.0 Å². The number of benzene rings is 2. The van der Waals surface area contributed by atoms with Crippen molar-refractivity contribution in [3.8, 4) is 0 Å². The van der Waals surface area contributed by atoms with Crippen LogP contribution in [0.1, 0.15) is 37.3 Å². The summed E-state index contributed by atoms with van der Waals surface area (Å²) < 4.78 is 133. The molecule has 14 heteroatoms. The molecule has 2 aromatic rings. The van der Waals surface area contributed by atoms with Crippen LogP contribution >= 0.6 is 0 Å². The molecule has 2 aromatic carbocycles. The maximum Gasteiger partial charge on any atom is 0.200 e. The van der Waals surface area contributed by atoms with Gasteiger partial charge >= 0.3 is 0 Å². The van der Waals surface area contributed by atoms with Crippen LogP contribution in [0.15, 0.2) is 10.3 Å². The molecule has 4 nitrogen and oxygen atoms in total. The number of oxime groups is 2. The minimum absolute atomic E-state index is 0.0943.